The van der Waals surface area contributed by atoms with Crippen molar-refractivity contribution in [1.82, 2.24) is 4.90 Å². The molecule has 10 heavy (non-hydrogen) atoms. The van der Waals surface area contributed by atoms with Gasteiger partial charge in [0, 0.05) is 13.1 Å². The minimum atomic E-state index is -0.0174. The van der Waals surface area contributed by atoms with Gasteiger partial charge >= 0.3 is 0 Å². The Balaban J connectivity index is 2.21. The highest BCUT2D eigenvalue weighted by atomic mass is 16.3. The van der Waals surface area contributed by atoms with E-state index >= 15 is 0 Å². The van der Waals surface area contributed by atoms with Gasteiger partial charge in [0.15, 0.2) is 0 Å². The number of nitrogens with zero attached hydrogens (tertiary/aromatic N) is 1. The van der Waals surface area contributed by atoms with Gasteiger partial charge in [-0.2, -0.15) is 0 Å². The monoisotopic (exact) mass is 145 g/mol. The van der Waals surface area contributed by atoms with Crippen LogP contribution >= 0.6 is 0 Å². The van der Waals surface area contributed by atoms with Crippen LogP contribution in [0.15, 0.2) is 0 Å². The zero-order chi connectivity index (χ0) is 7.56. The van der Waals surface area contributed by atoms with E-state index in [0.29, 0.717) is 0 Å². The van der Waals surface area contributed by atoms with Crippen LogP contribution in [0.4, 0.5) is 0 Å². The van der Waals surface area contributed by atoms with Gasteiger partial charge in [-0.3, -0.25) is 4.90 Å². The first-order chi connectivity index (χ1) is 4.77. The Morgan fingerprint density at radius 3 is 2.20 bits per heavy atom. The van der Waals surface area contributed by atoms with Crippen LogP contribution in [0, 0.1) is 5.92 Å². The van der Waals surface area contributed by atoms with Crippen LogP contribution in [0.25, 0.3) is 0 Å². The molecule has 0 radical (unpaired) electrons. The van der Waals surface area contributed by atoms with Crippen molar-refractivity contribution in [3.63, 3.8) is 0 Å². The lowest BCUT2D eigenvalue weighted by molar-refractivity contribution is 0.00414. The predicted molar refractivity (Wildman–Crippen MR) is 38.7 cm³/mol. The fourth-order valence-electron chi connectivity index (χ4n) is 1.33. The highest BCUT2D eigenvalue weighted by Crippen LogP contribution is 2.16. The van der Waals surface area contributed by atoms with Crippen LogP contribution in [0.3, 0.4) is 0 Å². The van der Waals surface area contributed by atoms with Gasteiger partial charge in [0.05, 0.1) is 19.3 Å². The van der Waals surface area contributed by atoms with Crippen molar-refractivity contribution in [3.05, 3.63) is 0 Å². The number of aliphatic hydroxyl groups is 2. The number of aliphatic hydroxyl groups excluding tert-OH is 2. The molecule has 0 amide bonds. The van der Waals surface area contributed by atoms with Crippen molar-refractivity contribution in [3.8, 4) is 0 Å². The van der Waals surface area contributed by atoms with Gasteiger partial charge in [0.1, 0.15) is 0 Å². The Labute approximate surface area is 61.3 Å². The first-order valence-corrected chi connectivity index (χ1v) is 3.73. The fraction of sp³-hybridized carbons (Fsp3) is 1.00. The van der Waals surface area contributed by atoms with Crippen LogP contribution in [-0.2, 0) is 0 Å². The molecule has 0 aromatic carbocycles. The average Bonchev–Trinajstić information content (AvgIpc) is 1.87. The van der Waals surface area contributed by atoms with Crippen LogP contribution in [0.5, 0.6) is 0 Å². The van der Waals surface area contributed by atoms with Crippen molar-refractivity contribution < 1.29 is 10.2 Å². The molecule has 1 heterocycles. The molecular weight excluding hydrogens is 130 g/mol. The Bertz CT molecular complexity index is 97.8. The van der Waals surface area contributed by atoms with Crippen LogP contribution in [-0.4, -0.2) is 47.5 Å². The summed E-state index contributed by atoms with van der Waals surface area (Å²) >= 11 is 0. The Morgan fingerprint density at radius 1 is 1.40 bits per heavy atom. The van der Waals surface area contributed by atoms with Crippen molar-refractivity contribution >= 4 is 0 Å². The largest absolute Gasteiger partial charge is 0.395 e. The summed E-state index contributed by atoms with van der Waals surface area (Å²) in [6.45, 7) is 4.35. The van der Waals surface area contributed by atoms with Crippen molar-refractivity contribution in [2.45, 2.75) is 13.0 Å². The van der Waals surface area contributed by atoms with Crippen molar-refractivity contribution in [2.75, 3.05) is 26.3 Å². The average molecular weight is 145 g/mol. The second-order valence-electron chi connectivity index (χ2n) is 3.08. The quantitative estimate of drug-likeness (QED) is 0.551. The third kappa shape index (κ3) is 1.48. The molecule has 0 atom stereocenters. The Hall–Kier alpha value is -0.120. The first kappa shape index (κ1) is 7.98. The molecule has 0 bridgehead atoms. The molecule has 3 heteroatoms. The van der Waals surface area contributed by atoms with E-state index in [1.54, 1.807) is 0 Å². The smallest absolute Gasteiger partial charge is 0.0609 e. The van der Waals surface area contributed by atoms with E-state index in [2.05, 4.69) is 11.8 Å². The molecule has 0 spiro atoms. The van der Waals surface area contributed by atoms with Gasteiger partial charge in [0.2, 0.25) is 0 Å². The molecule has 0 aromatic rings. The number of hydrogen-bond donors (Lipinski definition) is 2. The zero-order valence-corrected chi connectivity index (χ0v) is 6.32. The van der Waals surface area contributed by atoms with Crippen LogP contribution in [0.2, 0.25) is 0 Å². The van der Waals surface area contributed by atoms with E-state index in [1.807, 2.05) is 0 Å². The minimum absolute atomic E-state index is 0.0174. The van der Waals surface area contributed by atoms with E-state index in [0.717, 1.165) is 19.0 Å². The number of hydrogen-bond acceptors (Lipinski definition) is 3. The van der Waals surface area contributed by atoms with Crippen LogP contribution < -0.4 is 0 Å². The highest BCUT2D eigenvalue weighted by Gasteiger charge is 2.28. The van der Waals surface area contributed by atoms with Gasteiger partial charge in [0.25, 0.3) is 0 Å². The van der Waals surface area contributed by atoms with Gasteiger partial charge in [-0.05, 0) is 5.92 Å². The number of likely N-dealkylation sites (tertiary alicyclic amines) is 1. The summed E-state index contributed by atoms with van der Waals surface area (Å²) < 4.78 is 0. The second-order valence-corrected chi connectivity index (χ2v) is 3.08. The molecular formula is C7H15NO2. The predicted octanol–water partition coefficient (Wildman–Crippen LogP) is -0.709. The summed E-state index contributed by atoms with van der Waals surface area (Å²) in [4.78, 5) is 2.10. The molecule has 1 rings (SSSR count). The van der Waals surface area contributed by atoms with Crippen molar-refractivity contribution in [2.24, 2.45) is 5.92 Å². The summed E-state index contributed by atoms with van der Waals surface area (Å²) in [6.07, 6.45) is 0. The maximum atomic E-state index is 8.75. The second kappa shape index (κ2) is 3.32. The van der Waals surface area contributed by atoms with Crippen LogP contribution in [0.1, 0.15) is 6.92 Å². The lowest BCUT2D eigenvalue weighted by Crippen LogP contribution is -2.53. The maximum Gasteiger partial charge on any atom is 0.0609 e. The molecule has 0 aliphatic carbocycles. The topological polar surface area (TPSA) is 43.7 Å². The van der Waals surface area contributed by atoms with E-state index in [1.165, 1.54) is 0 Å². The maximum absolute atomic E-state index is 8.75. The molecule has 1 aliphatic heterocycles. The molecule has 0 aromatic heterocycles. The van der Waals surface area contributed by atoms with Gasteiger partial charge in [-0.1, -0.05) is 6.92 Å². The molecule has 0 saturated carbocycles. The summed E-state index contributed by atoms with van der Waals surface area (Å²) in [7, 11) is 0. The normalized spacial score (nSPS) is 21.6. The standard InChI is InChI=1S/C7H15NO2/c1-6-2-8(3-6)7(4-9)5-10/h6-7,9-10H,2-5H2,1H3. The van der Waals surface area contributed by atoms with Gasteiger partial charge < -0.3 is 10.2 Å². The summed E-state index contributed by atoms with van der Waals surface area (Å²) in [5.41, 5.74) is 0. The Morgan fingerprint density at radius 2 is 1.90 bits per heavy atom. The minimum Gasteiger partial charge on any atom is -0.395 e. The molecule has 1 saturated heterocycles. The number of rotatable bonds is 3. The van der Waals surface area contributed by atoms with E-state index in [4.69, 9.17) is 10.2 Å². The van der Waals surface area contributed by atoms with E-state index in [-0.39, 0.29) is 19.3 Å². The fourth-order valence-corrected chi connectivity index (χ4v) is 1.33. The molecule has 2 N–H and O–H groups in total. The summed E-state index contributed by atoms with van der Waals surface area (Å²) in [5, 5.41) is 17.5. The van der Waals surface area contributed by atoms with Crippen molar-refractivity contribution in [1.29, 1.82) is 0 Å². The van der Waals surface area contributed by atoms with E-state index in [9.17, 15) is 0 Å². The lowest BCUT2D eigenvalue weighted by atomic mass is 10.0. The Kier molecular flexibility index (Phi) is 2.65. The first-order valence-electron chi connectivity index (χ1n) is 3.73. The molecule has 1 fully saturated rings. The zero-order valence-electron chi connectivity index (χ0n) is 6.32. The molecule has 3 nitrogen and oxygen atoms in total. The van der Waals surface area contributed by atoms with Gasteiger partial charge in [-0.15, -0.1) is 0 Å². The summed E-state index contributed by atoms with van der Waals surface area (Å²) in [6, 6.07) is -0.0174. The molecule has 0 unspecified atom stereocenters. The highest BCUT2D eigenvalue weighted by molar-refractivity contribution is 4.82. The van der Waals surface area contributed by atoms with E-state index < -0.39 is 0 Å². The summed E-state index contributed by atoms with van der Waals surface area (Å²) in [5.74, 6) is 0.737. The molecule has 1 aliphatic rings. The lowest BCUT2D eigenvalue weighted by Gasteiger charge is -2.41. The third-order valence-corrected chi connectivity index (χ3v) is 2.03. The third-order valence-electron chi connectivity index (χ3n) is 2.03. The van der Waals surface area contributed by atoms with Gasteiger partial charge in [-0.25, -0.2) is 0 Å². The SMILES string of the molecule is CC1CN(C(CO)CO)C1. The molecule has 60 valence electrons.